The van der Waals surface area contributed by atoms with Gasteiger partial charge in [-0.1, -0.05) is 0 Å². The molecule has 15 heavy (non-hydrogen) atoms. The Kier molecular flexibility index (Phi) is 2.55. The predicted molar refractivity (Wildman–Crippen MR) is 50.8 cm³/mol. The maximum atomic E-state index is 12.9. The molecule has 0 spiro atoms. The van der Waals surface area contributed by atoms with Crippen molar-refractivity contribution >= 4 is 11.7 Å². The molecule has 1 aliphatic heterocycles. The van der Waals surface area contributed by atoms with E-state index in [1.165, 1.54) is 12.1 Å². The second kappa shape index (κ2) is 3.86. The molecule has 0 amide bonds. The molecular formula is C10H10FNO3. The van der Waals surface area contributed by atoms with Gasteiger partial charge in [0.05, 0.1) is 18.8 Å². The fraction of sp³-hybridized carbons (Fsp3) is 0.300. The zero-order chi connectivity index (χ0) is 10.8. The molecule has 80 valence electrons. The number of ether oxygens (including phenoxy) is 2. The lowest BCUT2D eigenvalue weighted by Crippen LogP contribution is -2.37. The van der Waals surface area contributed by atoms with Crippen LogP contribution in [0.25, 0.3) is 0 Å². The van der Waals surface area contributed by atoms with Gasteiger partial charge in [-0.25, -0.2) is 9.18 Å². The van der Waals surface area contributed by atoms with Gasteiger partial charge in [-0.2, -0.15) is 0 Å². The lowest BCUT2D eigenvalue weighted by Gasteiger charge is -2.25. The minimum atomic E-state index is -0.611. The summed E-state index contributed by atoms with van der Waals surface area (Å²) in [5, 5.41) is 0. The summed E-state index contributed by atoms with van der Waals surface area (Å²) in [6.45, 7) is 0.780. The third kappa shape index (κ3) is 2.07. The first-order chi connectivity index (χ1) is 7.16. The van der Waals surface area contributed by atoms with E-state index in [0.717, 1.165) is 6.07 Å². The van der Waals surface area contributed by atoms with Gasteiger partial charge in [0.25, 0.3) is 0 Å². The van der Waals surface area contributed by atoms with Gasteiger partial charge in [0.2, 0.25) is 0 Å². The Hall–Kier alpha value is -1.62. The monoisotopic (exact) mass is 211 g/mol. The maximum absolute atomic E-state index is 12.9. The van der Waals surface area contributed by atoms with Crippen molar-refractivity contribution in [2.45, 2.75) is 6.10 Å². The molecule has 1 fully saturated rings. The summed E-state index contributed by atoms with van der Waals surface area (Å²) in [5.41, 5.74) is 5.79. The van der Waals surface area contributed by atoms with Gasteiger partial charge < -0.3 is 15.2 Å². The van der Waals surface area contributed by atoms with E-state index in [1.54, 1.807) is 0 Å². The van der Waals surface area contributed by atoms with E-state index in [1.807, 2.05) is 0 Å². The SMILES string of the molecule is Nc1ccc(F)cc1C(=O)OC1COC1. The second-order valence-corrected chi connectivity index (χ2v) is 3.30. The average Bonchev–Trinajstić information content (AvgIpc) is 2.15. The zero-order valence-corrected chi connectivity index (χ0v) is 7.90. The first kappa shape index (κ1) is 9.92. The van der Waals surface area contributed by atoms with Crippen LogP contribution < -0.4 is 5.73 Å². The van der Waals surface area contributed by atoms with Gasteiger partial charge in [0.15, 0.2) is 0 Å². The van der Waals surface area contributed by atoms with Gasteiger partial charge in [0, 0.05) is 5.69 Å². The third-order valence-corrected chi connectivity index (χ3v) is 2.12. The summed E-state index contributed by atoms with van der Waals surface area (Å²) in [6, 6.07) is 3.60. The number of nitrogen functional groups attached to an aromatic ring is 1. The maximum Gasteiger partial charge on any atom is 0.340 e. The number of anilines is 1. The highest BCUT2D eigenvalue weighted by molar-refractivity contribution is 5.95. The molecule has 1 heterocycles. The molecule has 0 saturated carbocycles. The molecule has 2 N–H and O–H groups in total. The Morgan fingerprint density at radius 3 is 2.87 bits per heavy atom. The number of esters is 1. The van der Waals surface area contributed by atoms with E-state index in [0.29, 0.717) is 13.2 Å². The Labute approximate surface area is 85.8 Å². The number of nitrogens with two attached hydrogens (primary N) is 1. The van der Waals surface area contributed by atoms with Crippen molar-refractivity contribution < 1.29 is 18.7 Å². The van der Waals surface area contributed by atoms with Gasteiger partial charge in [-0.15, -0.1) is 0 Å². The summed E-state index contributed by atoms with van der Waals surface area (Å²) in [7, 11) is 0. The van der Waals surface area contributed by atoms with E-state index in [2.05, 4.69) is 0 Å². The molecule has 0 unspecified atom stereocenters. The molecule has 5 heteroatoms. The first-order valence-corrected chi connectivity index (χ1v) is 4.50. The fourth-order valence-electron chi connectivity index (χ4n) is 1.20. The molecule has 1 saturated heterocycles. The van der Waals surface area contributed by atoms with Gasteiger partial charge in [0.1, 0.15) is 11.9 Å². The van der Waals surface area contributed by atoms with E-state index in [-0.39, 0.29) is 17.4 Å². The van der Waals surface area contributed by atoms with E-state index in [9.17, 15) is 9.18 Å². The summed E-state index contributed by atoms with van der Waals surface area (Å²) in [5.74, 6) is -1.12. The Morgan fingerprint density at radius 2 is 2.27 bits per heavy atom. The molecular weight excluding hydrogens is 201 g/mol. The number of hydrogen-bond donors (Lipinski definition) is 1. The van der Waals surface area contributed by atoms with Crippen molar-refractivity contribution in [1.29, 1.82) is 0 Å². The standard InChI is InChI=1S/C10H10FNO3/c11-6-1-2-9(12)8(3-6)10(13)15-7-4-14-5-7/h1-3,7H,4-5,12H2. The van der Waals surface area contributed by atoms with Crippen molar-refractivity contribution in [2.24, 2.45) is 0 Å². The summed E-state index contributed by atoms with van der Waals surface area (Å²) in [4.78, 5) is 11.5. The number of hydrogen-bond acceptors (Lipinski definition) is 4. The van der Waals surface area contributed by atoms with Crippen LogP contribution in [0, 0.1) is 5.82 Å². The van der Waals surface area contributed by atoms with Crippen LogP contribution in [-0.2, 0) is 9.47 Å². The van der Waals surface area contributed by atoms with Crippen LogP contribution in [0.4, 0.5) is 10.1 Å². The second-order valence-electron chi connectivity index (χ2n) is 3.30. The molecule has 2 rings (SSSR count). The number of carbonyl (C=O) groups is 1. The number of rotatable bonds is 2. The molecule has 0 aromatic heterocycles. The molecule has 0 bridgehead atoms. The van der Waals surface area contributed by atoms with Crippen LogP contribution in [0.2, 0.25) is 0 Å². The lowest BCUT2D eigenvalue weighted by molar-refractivity contribution is -0.103. The minimum absolute atomic E-state index is 0.0573. The highest BCUT2D eigenvalue weighted by Gasteiger charge is 2.24. The van der Waals surface area contributed by atoms with Crippen LogP contribution in [0.3, 0.4) is 0 Å². The van der Waals surface area contributed by atoms with E-state index < -0.39 is 11.8 Å². The first-order valence-electron chi connectivity index (χ1n) is 4.50. The Balaban J connectivity index is 2.12. The van der Waals surface area contributed by atoms with Crippen LogP contribution in [0.5, 0.6) is 0 Å². The van der Waals surface area contributed by atoms with E-state index in [4.69, 9.17) is 15.2 Å². The zero-order valence-electron chi connectivity index (χ0n) is 7.90. The summed E-state index contributed by atoms with van der Waals surface area (Å²) >= 11 is 0. The molecule has 4 nitrogen and oxygen atoms in total. The quantitative estimate of drug-likeness (QED) is 0.584. The highest BCUT2D eigenvalue weighted by atomic mass is 19.1. The van der Waals surface area contributed by atoms with Gasteiger partial charge in [-0.3, -0.25) is 0 Å². The normalized spacial score (nSPS) is 15.8. The van der Waals surface area contributed by atoms with Gasteiger partial charge in [-0.05, 0) is 18.2 Å². The van der Waals surface area contributed by atoms with Crippen molar-refractivity contribution in [3.05, 3.63) is 29.6 Å². The van der Waals surface area contributed by atoms with Crippen LogP contribution >= 0.6 is 0 Å². The minimum Gasteiger partial charge on any atom is -0.454 e. The fourth-order valence-corrected chi connectivity index (χ4v) is 1.20. The number of halogens is 1. The Bertz CT molecular complexity index is 390. The van der Waals surface area contributed by atoms with Crippen molar-refractivity contribution in [2.75, 3.05) is 18.9 Å². The molecule has 0 radical (unpaired) electrons. The van der Waals surface area contributed by atoms with Crippen LogP contribution in [-0.4, -0.2) is 25.3 Å². The molecule has 0 aliphatic carbocycles. The van der Waals surface area contributed by atoms with E-state index >= 15 is 0 Å². The lowest BCUT2D eigenvalue weighted by atomic mass is 10.2. The Morgan fingerprint density at radius 1 is 1.53 bits per heavy atom. The molecule has 1 aromatic carbocycles. The van der Waals surface area contributed by atoms with Crippen LogP contribution in [0.1, 0.15) is 10.4 Å². The molecule has 1 aliphatic rings. The largest absolute Gasteiger partial charge is 0.454 e. The number of benzene rings is 1. The van der Waals surface area contributed by atoms with Crippen LogP contribution in [0.15, 0.2) is 18.2 Å². The number of carbonyl (C=O) groups excluding carboxylic acids is 1. The van der Waals surface area contributed by atoms with Gasteiger partial charge >= 0.3 is 5.97 Å². The summed E-state index contributed by atoms with van der Waals surface area (Å²) in [6.07, 6.45) is -0.236. The molecule has 0 atom stereocenters. The highest BCUT2D eigenvalue weighted by Crippen LogP contribution is 2.16. The smallest absolute Gasteiger partial charge is 0.340 e. The predicted octanol–water partition coefficient (Wildman–Crippen LogP) is 0.964. The summed E-state index contributed by atoms with van der Waals surface area (Å²) < 4.78 is 22.7. The van der Waals surface area contributed by atoms with Crippen molar-refractivity contribution in [3.63, 3.8) is 0 Å². The van der Waals surface area contributed by atoms with Crippen molar-refractivity contribution in [3.8, 4) is 0 Å². The molecule has 1 aromatic rings. The average molecular weight is 211 g/mol. The third-order valence-electron chi connectivity index (χ3n) is 2.12. The van der Waals surface area contributed by atoms with Crippen molar-refractivity contribution in [1.82, 2.24) is 0 Å². The topological polar surface area (TPSA) is 61.6 Å².